The number of aromatic nitrogens is 4. The standard InChI is InChI=1S/C22H28N6O.ClH/c1-3-28-14-20(17(2)25-28)13-26-10-11-27(22-12-23-8-9-24-22)15-21(26)19-6-4-18(16-29)5-7-19;/h4-9,12,14,21,29H,3,10-11,13,15-16H2,1-2H3;1H. The first kappa shape index (κ1) is 22.2. The van der Waals surface area contributed by atoms with Gasteiger partial charge in [0.2, 0.25) is 0 Å². The Labute approximate surface area is 183 Å². The Bertz CT molecular complexity index is 931. The summed E-state index contributed by atoms with van der Waals surface area (Å²) in [5.41, 5.74) is 4.55. The van der Waals surface area contributed by atoms with Crippen LogP contribution in [0.25, 0.3) is 0 Å². The van der Waals surface area contributed by atoms with E-state index in [1.807, 2.05) is 23.0 Å². The molecule has 0 radical (unpaired) electrons. The maximum atomic E-state index is 9.39. The largest absolute Gasteiger partial charge is 0.392 e. The van der Waals surface area contributed by atoms with Crippen molar-refractivity contribution < 1.29 is 5.11 Å². The van der Waals surface area contributed by atoms with E-state index in [0.29, 0.717) is 0 Å². The lowest BCUT2D eigenvalue weighted by Gasteiger charge is -2.42. The number of rotatable bonds is 6. The van der Waals surface area contributed by atoms with E-state index in [9.17, 15) is 5.11 Å². The van der Waals surface area contributed by atoms with Crippen LogP contribution in [0, 0.1) is 6.92 Å². The maximum absolute atomic E-state index is 9.39. The molecule has 7 nitrogen and oxygen atoms in total. The van der Waals surface area contributed by atoms with E-state index in [-0.39, 0.29) is 25.1 Å². The quantitative estimate of drug-likeness (QED) is 0.650. The number of hydrogen-bond acceptors (Lipinski definition) is 6. The summed E-state index contributed by atoms with van der Waals surface area (Å²) in [4.78, 5) is 13.5. The van der Waals surface area contributed by atoms with Gasteiger partial charge >= 0.3 is 0 Å². The zero-order chi connectivity index (χ0) is 20.2. The summed E-state index contributed by atoms with van der Waals surface area (Å²) < 4.78 is 2.01. The van der Waals surface area contributed by atoms with Crippen molar-refractivity contribution >= 4 is 18.2 Å². The van der Waals surface area contributed by atoms with E-state index < -0.39 is 0 Å². The molecule has 160 valence electrons. The van der Waals surface area contributed by atoms with Crippen molar-refractivity contribution in [3.63, 3.8) is 0 Å². The van der Waals surface area contributed by atoms with E-state index in [1.54, 1.807) is 12.4 Å². The van der Waals surface area contributed by atoms with Crippen molar-refractivity contribution in [3.05, 3.63) is 71.4 Å². The molecule has 1 atom stereocenters. The lowest BCUT2D eigenvalue weighted by molar-refractivity contribution is 0.168. The average molecular weight is 429 g/mol. The van der Waals surface area contributed by atoms with Crippen LogP contribution in [0.1, 0.15) is 35.3 Å². The Morgan fingerprint density at radius 2 is 1.93 bits per heavy atom. The first-order chi connectivity index (χ1) is 14.2. The Kier molecular flexibility index (Phi) is 7.42. The minimum absolute atomic E-state index is 0. The van der Waals surface area contributed by atoms with Crippen LogP contribution in [0.4, 0.5) is 5.82 Å². The number of aliphatic hydroxyl groups is 1. The lowest BCUT2D eigenvalue weighted by Crippen LogP contribution is -2.48. The predicted octanol–water partition coefficient (Wildman–Crippen LogP) is 2.98. The predicted molar refractivity (Wildman–Crippen MR) is 120 cm³/mol. The highest BCUT2D eigenvalue weighted by atomic mass is 35.5. The first-order valence-electron chi connectivity index (χ1n) is 10.2. The molecule has 0 amide bonds. The monoisotopic (exact) mass is 428 g/mol. The molecule has 0 saturated carbocycles. The molecule has 1 aliphatic rings. The Morgan fingerprint density at radius 3 is 2.57 bits per heavy atom. The van der Waals surface area contributed by atoms with Crippen LogP contribution >= 0.6 is 12.4 Å². The summed E-state index contributed by atoms with van der Waals surface area (Å²) in [5.74, 6) is 0.916. The van der Waals surface area contributed by atoms with Gasteiger partial charge in [0, 0.05) is 56.9 Å². The molecule has 1 fully saturated rings. The molecule has 8 heteroatoms. The normalized spacial score (nSPS) is 17.0. The van der Waals surface area contributed by atoms with Crippen LogP contribution in [0.15, 0.2) is 49.1 Å². The fraction of sp³-hybridized carbons (Fsp3) is 0.409. The van der Waals surface area contributed by atoms with Crippen LogP contribution in [0.2, 0.25) is 0 Å². The number of hydrogen-bond donors (Lipinski definition) is 1. The van der Waals surface area contributed by atoms with Crippen molar-refractivity contribution in [3.8, 4) is 0 Å². The number of aryl methyl sites for hydroxylation is 2. The van der Waals surface area contributed by atoms with Crippen molar-refractivity contribution in [1.82, 2.24) is 24.6 Å². The van der Waals surface area contributed by atoms with Gasteiger partial charge in [-0.3, -0.25) is 14.6 Å². The van der Waals surface area contributed by atoms with Gasteiger partial charge in [0.15, 0.2) is 0 Å². The summed E-state index contributed by atoms with van der Waals surface area (Å²) in [7, 11) is 0. The molecule has 0 spiro atoms. The molecular weight excluding hydrogens is 400 g/mol. The number of piperazine rings is 1. The lowest BCUT2D eigenvalue weighted by atomic mass is 10.00. The molecule has 1 saturated heterocycles. The molecule has 2 aromatic heterocycles. The Hall–Kier alpha value is -2.48. The van der Waals surface area contributed by atoms with Crippen molar-refractivity contribution in [1.29, 1.82) is 0 Å². The fourth-order valence-electron chi connectivity index (χ4n) is 3.93. The molecule has 1 unspecified atom stereocenters. The van der Waals surface area contributed by atoms with Gasteiger partial charge in [-0.2, -0.15) is 5.10 Å². The summed E-state index contributed by atoms with van der Waals surface area (Å²) in [5, 5.41) is 14.0. The summed E-state index contributed by atoms with van der Waals surface area (Å²) in [6.07, 6.45) is 7.45. The summed E-state index contributed by atoms with van der Waals surface area (Å²) in [6.45, 7) is 8.70. The average Bonchev–Trinajstić information content (AvgIpc) is 3.14. The number of aliphatic hydroxyl groups excluding tert-OH is 1. The Morgan fingerprint density at radius 1 is 1.13 bits per heavy atom. The highest BCUT2D eigenvalue weighted by molar-refractivity contribution is 5.85. The molecule has 0 bridgehead atoms. The van der Waals surface area contributed by atoms with E-state index in [4.69, 9.17) is 0 Å². The molecule has 1 N–H and O–H groups in total. The second-order valence-corrected chi connectivity index (χ2v) is 7.49. The summed E-state index contributed by atoms with van der Waals surface area (Å²) in [6, 6.07) is 8.50. The van der Waals surface area contributed by atoms with Gasteiger partial charge in [-0.15, -0.1) is 12.4 Å². The minimum atomic E-state index is 0. The molecule has 4 rings (SSSR count). The van der Waals surface area contributed by atoms with Crippen LogP contribution in [-0.2, 0) is 19.7 Å². The number of halogens is 1. The third-order valence-electron chi connectivity index (χ3n) is 5.66. The van der Waals surface area contributed by atoms with Gasteiger partial charge in [0.05, 0.1) is 24.5 Å². The van der Waals surface area contributed by atoms with E-state index in [1.165, 1.54) is 11.1 Å². The zero-order valence-corrected chi connectivity index (χ0v) is 18.3. The molecule has 3 aromatic rings. The molecule has 30 heavy (non-hydrogen) atoms. The summed E-state index contributed by atoms with van der Waals surface area (Å²) >= 11 is 0. The van der Waals surface area contributed by atoms with Gasteiger partial charge < -0.3 is 10.0 Å². The van der Waals surface area contributed by atoms with Gasteiger partial charge in [0.1, 0.15) is 5.82 Å². The first-order valence-corrected chi connectivity index (χ1v) is 10.2. The van der Waals surface area contributed by atoms with Crippen molar-refractivity contribution in [2.24, 2.45) is 0 Å². The van der Waals surface area contributed by atoms with Gasteiger partial charge in [-0.05, 0) is 25.0 Å². The SMILES string of the molecule is CCn1cc(CN2CCN(c3cnccn3)CC2c2ccc(CO)cc2)c(C)n1.Cl. The van der Waals surface area contributed by atoms with Gasteiger partial charge in [-0.1, -0.05) is 24.3 Å². The molecule has 1 aromatic carbocycles. The van der Waals surface area contributed by atoms with Crippen LogP contribution in [0.5, 0.6) is 0 Å². The third kappa shape index (κ3) is 4.80. The van der Waals surface area contributed by atoms with Gasteiger partial charge in [-0.25, -0.2) is 4.98 Å². The third-order valence-corrected chi connectivity index (χ3v) is 5.66. The second-order valence-electron chi connectivity index (χ2n) is 7.49. The fourth-order valence-corrected chi connectivity index (χ4v) is 3.93. The van der Waals surface area contributed by atoms with E-state index in [0.717, 1.165) is 49.8 Å². The molecule has 3 heterocycles. The number of anilines is 1. The number of nitrogens with zero attached hydrogens (tertiary/aromatic N) is 6. The van der Waals surface area contributed by atoms with E-state index in [2.05, 4.69) is 57.0 Å². The molecule has 1 aliphatic heterocycles. The van der Waals surface area contributed by atoms with Crippen LogP contribution < -0.4 is 4.90 Å². The minimum Gasteiger partial charge on any atom is -0.392 e. The van der Waals surface area contributed by atoms with Crippen LogP contribution in [-0.4, -0.2) is 49.4 Å². The Balaban J connectivity index is 0.00000256. The highest BCUT2D eigenvalue weighted by Gasteiger charge is 2.29. The highest BCUT2D eigenvalue weighted by Crippen LogP contribution is 2.29. The topological polar surface area (TPSA) is 70.3 Å². The maximum Gasteiger partial charge on any atom is 0.147 e. The smallest absolute Gasteiger partial charge is 0.147 e. The van der Waals surface area contributed by atoms with Crippen molar-refractivity contribution in [2.45, 2.75) is 39.6 Å². The van der Waals surface area contributed by atoms with E-state index >= 15 is 0 Å². The van der Waals surface area contributed by atoms with Crippen LogP contribution in [0.3, 0.4) is 0 Å². The molecular formula is C22H29ClN6O. The molecule has 0 aliphatic carbocycles. The zero-order valence-electron chi connectivity index (χ0n) is 17.5. The van der Waals surface area contributed by atoms with Gasteiger partial charge in [0.25, 0.3) is 0 Å². The number of benzene rings is 1. The second kappa shape index (κ2) is 10.0. The van der Waals surface area contributed by atoms with Crippen molar-refractivity contribution in [2.75, 3.05) is 24.5 Å².